The van der Waals surface area contributed by atoms with E-state index < -0.39 is 0 Å². The van der Waals surface area contributed by atoms with Crippen molar-refractivity contribution in [2.75, 3.05) is 26.7 Å². The van der Waals surface area contributed by atoms with Crippen molar-refractivity contribution in [1.82, 2.24) is 10.6 Å². The average Bonchev–Trinajstić information content (AvgIpc) is 2.49. The highest BCUT2D eigenvalue weighted by molar-refractivity contribution is 5.94. The molecule has 0 aromatic heterocycles. The maximum Gasteiger partial charge on any atom is 0.251 e. The molecule has 0 saturated carbocycles. The molecule has 0 spiro atoms. The summed E-state index contributed by atoms with van der Waals surface area (Å²) in [6.07, 6.45) is -0.0477. The Labute approximate surface area is 118 Å². The average molecular weight is 279 g/mol. The van der Waals surface area contributed by atoms with Gasteiger partial charge in [0, 0.05) is 32.3 Å². The van der Waals surface area contributed by atoms with E-state index >= 15 is 0 Å². The van der Waals surface area contributed by atoms with Gasteiger partial charge in [-0.25, -0.2) is 0 Å². The molecular weight excluding hydrogens is 258 g/mol. The number of nitrogens with one attached hydrogen (secondary N) is 2. The van der Waals surface area contributed by atoms with E-state index in [-0.39, 0.29) is 24.3 Å². The Bertz CT molecular complexity index is 419. The summed E-state index contributed by atoms with van der Waals surface area (Å²) in [7, 11) is 1.52. The third-order valence-corrected chi connectivity index (χ3v) is 2.78. The van der Waals surface area contributed by atoms with Gasteiger partial charge in [-0.2, -0.15) is 0 Å². The molecule has 6 heteroatoms. The topological polar surface area (TPSA) is 93.4 Å². The minimum Gasteiger partial charge on any atom is -0.380 e. The molecule has 1 atom stereocenters. The highest BCUT2D eigenvalue weighted by Crippen LogP contribution is 1.97. The Hall–Kier alpha value is -1.92. The number of nitrogens with two attached hydrogens (primary N) is 1. The summed E-state index contributed by atoms with van der Waals surface area (Å²) in [6.45, 7) is 1.05. The predicted octanol–water partition coefficient (Wildman–Crippen LogP) is -0.104. The predicted molar refractivity (Wildman–Crippen MR) is 76.3 cm³/mol. The molecule has 0 saturated heterocycles. The third-order valence-electron chi connectivity index (χ3n) is 2.78. The van der Waals surface area contributed by atoms with E-state index in [0.29, 0.717) is 25.2 Å². The summed E-state index contributed by atoms with van der Waals surface area (Å²) in [5.41, 5.74) is 6.03. The Morgan fingerprint density at radius 3 is 2.45 bits per heavy atom. The molecule has 0 heterocycles. The van der Waals surface area contributed by atoms with Crippen LogP contribution in [0.15, 0.2) is 30.3 Å². The van der Waals surface area contributed by atoms with Gasteiger partial charge in [0.2, 0.25) is 5.91 Å². The van der Waals surface area contributed by atoms with Crippen LogP contribution in [0.2, 0.25) is 0 Å². The molecule has 1 aromatic rings. The lowest BCUT2D eigenvalue weighted by molar-refractivity contribution is -0.123. The van der Waals surface area contributed by atoms with Crippen LogP contribution in [0.25, 0.3) is 0 Å². The number of amides is 2. The number of hydrogen-bond acceptors (Lipinski definition) is 4. The van der Waals surface area contributed by atoms with Crippen molar-refractivity contribution in [2.45, 2.75) is 12.5 Å². The van der Waals surface area contributed by atoms with Crippen molar-refractivity contribution in [1.29, 1.82) is 0 Å². The lowest BCUT2D eigenvalue weighted by atomic mass is 10.2. The molecule has 0 radical (unpaired) electrons. The number of carbonyl (C=O) groups is 2. The van der Waals surface area contributed by atoms with E-state index in [2.05, 4.69) is 10.6 Å². The van der Waals surface area contributed by atoms with E-state index in [4.69, 9.17) is 10.5 Å². The van der Waals surface area contributed by atoms with E-state index in [1.807, 2.05) is 6.07 Å². The van der Waals surface area contributed by atoms with Gasteiger partial charge in [0.05, 0.1) is 12.5 Å². The van der Waals surface area contributed by atoms with Crippen molar-refractivity contribution in [3.63, 3.8) is 0 Å². The summed E-state index contributed by atoms with van der Waals surface area (Å²) < 4.78 is 5.02. The maximum atomic E-state index is 11.7. The second-order valence-corrected chi connectivity index (χ2v) is 4.27. The smallest absolute Gasteiger partial charge is 0.251 e. The summed E-state index contributed by atoms with van der Waals surface area (Å²) in [5, 5.41) is 5.43. The second kappa shape index (κ2) is 9.06. The SMILES string of the molecule is COC(CN)CC(=O)NCCNC(=O)c1ccccc1. The molecule has 110 valence electrons. The summed E-state index contributed by atoms with van der Waals surface area (Å²) >= 11 is 0. The summed E-state index contributed by atoms with van der Waals surface area (Å²) in [4.78, 5) is 23.2. The first kappa shape index (κ1) is 16.1. The van der Waals surface area contributed by atoms with Crippen molar-refractivity contribution >= 4 is 11.8 Å². The number of rotatable bonds is 8. The van der Waals surface area contributed by atoms with Crippen LogP contribution >= 0.6 is 0 Å². The second-order valence-electron chi connectivity index (χ2n) is 4.27. The van der Waals surface area contributed by atoms with E-state index in [1.54, 1.807) is 24.3 Å². The quantitative estimate of drug-likeness (QED) is 0.579. The van der Waals surface area contributed by atoms with Crippen molar-refractivity contribution in [3.05, 3.63) is 35.9 Å². The molecule has 1 unspecified atom stereocenters. The minimum atomic E-state index is -0.270. The van der Waals surface area contributed by atoms with Gasteiger partial charge in [0.1, 0.15) is 0 Å². The highest BCUT2D eigenvalue weighted by atomic mass is 16.5. The zero-order valence-corrected chi connectivity index (χ0v) is 11.6. The molecule has 0 aliphatic rings. The fourth-order valence-electron chi connectivity index (χ4n) is 1.61. The minimum absolute atomic E-state index is 0.142. The molecular formula is C14H21N3O3. The number of carbonyl (C=O) groups excluding carboxylic acids is 2. The van der Waals surface area contributed by atoms with Crippen molar-refractivity contribution < 1.29 is 14.3 Å². The lowest BCUT2D eigenvalue weighted by Crippen LogP contribution is -2.37. The van der Waals surface area contributed by atoms with Gasteiger partial charge in [-0.3, -0.25) is 9.59 Å². The van der Waals surface area contributed by atoms with Gasteiger partial charge in [0.15, 0.2) is 0 Å². The van der Waals surface area contributed by atoms with Gasteiger partial charge in [-0.1, -0.05) is 18.2 Å². The highest BCUT2D eigenvalue weighted by Gasteiger charge is 2.10. The molecule has 0 aliphatic carbocycles. The lowest BCUT2D eigenvalue weighted by Gasteiger charge is -2.12. The summed E-state index contributed by atoms with van der Waals surface area (Å²) in [5.74, 6) is -0.298. The van der Waals surface area contributed by atoms with Crippen LogP contribution in [0.1, 0.15) is 16.8 Å². The van der Waals surface area contributed by atoms with Crippen LogP contribution < -0.4 is 16.4 Å². The van der Waals surface area contributed by atoms with Crippen LogP contribution in [0.4, 0.5) is 0 Å². The van der Waals surface area contributed by atoms with Crippen LogP contribution in [0, 0.1) is 0 Å². The van der Waals surface area contributed by atoms with Crippen LogP contribution in [-0.4, -0.2) is 44.7 Å². The van der Waals surface area contributed by atoms with Gasteiger partial charge >= 0.3 is 0 Å². The van der Waals surface area contributed by atoms with Crippen molar-refractivity contribution in [3.8, 4) is 0 Å². The normalized spacial score (nSPS) is 11.7. The summed E-state index contributed by atoms with van der Waals surface area (Å²) in [6, 6.07) is 8.92. The standard InChI is InChI=1S/C14H21N3O3/c1-20-12(10-15)9-13(18)16-7-8-17-14(19)11-5-3-2-4-6-11/h2-6,12H,7-10,15H2,1H3,(H,16,18)(H,17,19). The molecule has 1 aromatic carbocycles. The molecule has 0 bridgehead atoms. The van der Waals surface area contributed by atoms with Crippen LogP contribution in [0.5, 0.6) is 0 Å². The van der Waals surface area contributed by atoms with Gasteiger partial charge in [-0.15, -0.1) is 0 Å². The number of methoxy groups -OCH3 is 1. The Balaban J connectivity index is 2.19. The van der Waals surface area contributed by atoms with Crippen molar-refractivity contribution in [2.24, 2.45) is 5.73 Å². The molecule has 0 aliphatic heterocycles. The molecule has 4 N–H and O–H groups in total. The fourth-order valence-corrected chi connectivity index (χ4v) is 1.61. The zero-order valence-electron chi connectivity index (χ0n) is 11.6. The van der Waals surface area contributed by atoms with Gasteiger partial charge in [-0.05, 0) is 12.1 Å². The largest absolute Gasteiger partial charge is 0.380 e. The molecule has 0 fully saturated rings. The van der Waals surface area contributed by atoms with E-state index in [9.17, 15) is 9.59 Å². The Morgan fingerprint density at radius 2 is 1.85 bits per heavy atom. The van der Waals surface area contributed by atoms with E-state index in [0.717, 1.165) is 0 Å². The number of benzene rings is 1. The molecule has 6 nitrogen and oxygen atoms in total. The third kappa shape index (κ3) is 5.81. The van der Waals surface area contributed by atoms with E-state index in [1.165, 1.54) is 7.11 Å². The maximum absolute atomic E-state index is 11.7. The first-order valence-corrected chi connectivity index (χ1v) is 6.50. The fraction of sp³-hybridized carbons (Fsp3) is 0.429. The first-order valence-electron chi connectivity index (χ1n) is 6.50. The molecule has 1 rings (SSSR count). The van der Waals surface area contributed by atoms with Crippen LogP contribution in [-0.2, 0) is 9.53 Å². The Morgan fingerprint density at radius 1 is 1.20 bits per heavy atom. The number of ether oxygens (including phenoxy) is 1. The monoisotopic (exact) mass is 279 g/mol. The van der Waals surface area contributed by atoms with Gasteiger partial charge < -0.3 is 21.1 Å². The Kier molecular flexibility index (Phi) is 7.31. The molecule has 20 heavy (non-hydrogen) atoms. The number of hydrogen-bond donors (Lipinski definition) is 3. The zero-order chi connectivity index (χ0) is 14.8. The van der Waals surface area contributed by atoms with Gasteiger partial charge in [0.25, 0.3) is 5.91 Å². The van der Waals surface area contributed by atoms with Crippen LogP contribution in [0.3, 0.4) is 0 Å². The molecule has 2 amide bonds. The first-order chi connectivity index (χ1) is 9.67.